The monoisotopic (exact) mass is 422 g/mol. The zero-order valence-corrected chi connectivity index (χ0v) is 17.7. The van der Waals surface area contributed by atoms with Gasteiger partial charge in [-0.1, -0.05) is 26.3 Å². The third-order valence-electron chi connectivity index (χ3n) is 5.97. The molecule has 3 aromatic rings. The van der Waals surface area contributed by atoms with Crippen LogP contribution in [0.25, 0.3) is 10.9 Å². The van der Waals surface area contributed by atoms with Crippen molar-refractivity contribution in [3.8, 4) is 0 Å². The number of piperazine rings is 1. The minimum atomic E-state index is -0.727. The summed E-state index contributed by atoms with van der Waals surface area (Å²) in [6.45, 7) is 4.02. The van der Waals surface area contributed by atoms with E-state index in [-0.39, 0.29) is 23.5 Å². The van der Waals surface area contributed by atoms with Crippen LogP contribution in [0.4, 0.5) is 4.39 Å². The molecule has 0 saturated carbocycles. The number of rotatable bonds is 7. The van der Waals surface area contributed by atoms with Gasteiger partial charge in [-0.05, 0) is 48.7 Å². The largest absolute Gasteiger partial charge is 0.358 e. The van der Waals surface area contributed by atoms with E-state index in [0.29, 0.717) is 6.42 Å². The van der Waals surface area contributed by atoms with Crippen LogP contribution >= 0.6 is 0 Å². The summed E-state index contributed by atoms with van der Waals surface area (Å²) in [6, 6.07) is 8.74. The van der Waals surface area contributed by atoms with E-state index in [0.717, 1.165) is 47.1 Å². The fraction of sp³-hybridized carbons (Fsp3) is 0.375. The molecule has 0 spiro atoms. The van der Waals surface area contributed by atoms with Gasteiger partial charge in [-0.3, -0.25) is 14.6 Å². The van der Waals surface area contributed by atoms with Crippen molar-refractivity contribution in [2.45, 2.75) is 57.5 Å². The van der Waals surface area contributed by atoms with E-state index >= 15 is 0 Å². The second-order valence-electron chi connectivity index (χ2n) is 8.17. The Kier molecular flexibility index (Phi) is 6.02. The fourth-order valence-electron chi connectivity index (χ4n) is 4.35. The maximum absolute atomic E-state index is 14.0. The first-order valence-electron chi connectivity index (χ1n) is 10.8. The summed E-state index contributed by atoms with van der Waals surface area (Å²) >= 11 is 0. The SMILES string of the molecule is CCCCc1[nH]c2ccc(F)cc2c1[C@@H](C)[C@H]1NC(=O)[C@@H](Cc2ccccn2)NC1=O. The van der Waals surface area contributed by atoms with Crippen molar-refractivity contribution in [1.82, 2.24) is 20.6 Å². The Morgan fingerprint density at radius 2 is 1.97 bits per heavy atom. The smallest absolute Gasteiger partial charge is 0.243 e. The molecule has 7 heteroatoms. The molecular formula is C24H27FN4O2. The van der Waals surface area contributed by atoms with Crippen molar-refractivity contribution in [1.29, 1.82) is 0 Å². The van der Waals surface area contributed by atoms with E-state index in [2.05, 4.69) is 27.5 Å². The molecule has 0 unspecified atom stereocenters. The normalized spacial score (nSPS) is 19.8. The number of aromatic nitrogens is 2. The number of H-pyrrole nitrogens is 1. The highest BCUT2D eigenvalue weighted by Gasteiger charge is 2.38. The number of nitrogens with one attached hydrogen (secondary N) is 3. The Labute approximate surface area is 180 Å². The molecule has 0 radical (unpaired) electrons. The Balaban J connectivity index is 1.60. The molecular weight excluding hydrogens is 395 g/mol. The molecule has 1 aliphatic rings. The van der Waals surface area contributed by atoms with Gasteiger partial charge in [0.05, 0.1) is 0 Å². The van der Waals surface area contributed by atoms with Gasteiger partial charge in [0, 0.05) is 40.8 Å². The Bertz CT molecular complexity index is 1100. The standard InChI is InChI=1S/C24H27FN4O2/c1-3-4-8-19-21(17-12-15(25)9-10-18(17)27-19)14(2)22-24(31)28-20(23(30)29-22)13-16-7-5-6-11-26-16/h5-7,9-12,14,20,22,27H,3-4,8,13H2,1-2H3,(H,28,31)(H,29,30)/t14-,20-,22-/m1/s1. The number of halogens is 1. The molecule has 0 aliphatic carbocycles. The van der Waals surface area contributed by atoms with E-state index in [1.807, 2.05) is 19.1 Å². The molecule has 162 valence electrons. The van der Waals surface area contributed by atoms with Crippen molar-refractivity contribution in [3.63, 3.8) is 0 Å². The summed E-state index contributed by atoms with van der Waals surface area (Å²) in [6.07, 6.45) is 4.80. The lowest BCUT2D eigenvalue weighted by Crippen LogP contribution is -2.63. The number of unbranched alkanes of at least 4 members (excludes halogenated alkanes) is 1. The van der Waals surface area contributed by atoms with Gasteiger partial charge in [0.1, 0.15) is 17.9 Å². The van der Waals surface area contributed by atoms with Crippen LogP contribution in [-0.2, 0) is 22.4 Å². The first-order chi connectivity index (χ1) is 15.0. The van der Waals surface area contributed by atoms with Gasteiger partial charge >= 0.3 is 0 Å². The highest BCUT2D eigenvalue weighted by atomic mass is 19.1. The number of fused-ring (bicyclic) bond motifs is 1. The van der Waals surface area contributed by atoms with Crippen LogP contribution in [-0.4, -0.2) is 33.9 Å². The zero-order chi connectivity index (χ0) is 22.0. The first kappa shape index (κ1) is 21.0. The number of hydrogen-bond donors (Lipinski definition) is 3. The quantitative estimate of drug-likeness (QED) is 0.546. The van der Waals surface area contributed by atoms with Gasteiger partial charge < -0.3 is 15.6 Å². The zero-order valence-electron chi connectivity index (χ0n) is 17.7. The number of carbonyl (C=O) groups is 2. The Morgan fingerprint density at radius 3 is 2.71 bits per heavy atom. The van der Waals surface area contributed by atoms with Gasteiger partial charge in [-0.2, -0.15) is 0 Å². The number of benzene rings is 1. The summed E-state index contributed by atoms with van der Waals surface area (Å²) < 4.78 is 14.0. The predicted octanol–water partition coefficient (Wildman–Crippen LogP) is 3.37. The topological polar surface area (TPSA) is 86.9 Å². The number of carbonyl (C=O) groups excluding carboxylic acids is 2. The predicted molar refractivity (Wildman–Crippen MR) is 117 cm³/mol. The van der Waals surface area contributed by atoms with Gasteiger partial charge in [-0.15, -0.1) is 0 Å². The van der Waals surface area contributed by atoms with Crippen LogP contribution in [0, 0.1) is 5.82 Å². The van der Waals surface area contributed by atoms with Crippen molar-refractivity contribution in [2.75, 3.05) is 0 Å². The molecule has 1 fully saturated rings. The average molecular weight is 423 g/mol. The van der Waals surface area contributed by atoms with Gasteiger partial charge in [0.25, 0.3) is 0 Å². The summed E-state index contributed by atoms with van der Waals surface area (Å²) in [4.78, 5) is 33.4. The van der Waals surface area contributed by atoms with Crippen LogP contribution in [0.2, 0.25) is 0 Å². The third-order valence-corrected chi connectivity index (χ3v) is 5.97. The molecule has 1 aliphatic heterocycles. The van der Waals surface area contributed by atoms with Crippen molar-refractivity contribution in [2.24, 2.45) is 0 Å². The number of pyridine rings is 1. The second-order valence-corrected chi connectivity index (χ2v) is 8.17. The van der Waals surface area contributed by atoms with Crippen molar-refractivity contribution >= 4 is 22.7 Å². The maximum Gasteiger partial charge on any atom is 0.243 e. The van der Waals surface area contributed by atoms with Crippen LogP contribution < -0.4 is 10.6 Å². The summed E-state index contributed by atoms with van der Waals surface area (Å²) in [5.41, 5.74) is 3.47. The lowest BCUT2D eigenvalue weighted by atomic mass is 9.87. The molecule has 3 N–H and O–H groups in total. The van der Waals surface area contributed by atoms with E-state index in [1.54, 1.807) is 18.3 Å². The number of amides is 2. The minimum absolute atomic E-state index is 0.233. The summed E-state index contributed by atoms with van der Waals surface area (Å²) in [5, 5.41) is 6.52. The van der Waals surface area contributed by atoms with Crippen LogP contribution in [0.3, 0.4) is 0 Å². The van der Waals surface area contributed by atoms with Crippen LogP contribution in [0.5, 0.6) is 0 Å². The number of nitrogens with zero attached hydrogens (tertiary/aromatic N) is 1. The van der Waals surface area contributed by atoms with Gasteiger partial charge in [0.2, 0.25) is 11.8 Å². The molecule has 6 nitrogen and oxygen atoms in total. The third kappa shape index (κ3) is 4.31. The summed E-state index contributed by atoms with van der Waals surface area (Å²) in [5.74, 6) is -1.11. The fourth-order valence-corrected chi connectivity index (χ4v) is 4.35. The van der Waals surface area contributed by atoms with Gasteiger partial charge in [-0.25, -0.2) is 4.39 Å². The maximum atomic E-state index is 14.0. The first-order valence-corrected chi connectivity index (χ1v) is 10.8. The van der Waals surface area contributed by atoms with E-state index in [4.69, 9.17) is 0 Å². The Morgan fingerprint density at radius 1 is 1.13 bits per heavy atom. The minimum Gasteiger partial charge on any atom is -0.358 e. The van der Waals surface area contributed by atoms with E-state index < -0.39 is 12.1 Å². The molecule has 1 saturated heterocycles. The molecule has 3 atom stereocenters. The van der Waals surface area contributed by atoms with Crippen molar-refractivity contribution < 1.29 is 14.0 Å². The van der Waals surface area contributed by atoms with Crippen LogP contribution in [0.15, 0.2) is 42.6 Å². The molecule has 4 rings (SSSR count). The lowest BCUT2D eigenvalue weighted by molar-refractivity contribution is -0.137. The van der Waals surface area contributed by atoms with Crippen LogP contribution in [0.1, 0.15) is 49.6 Å². The molecule has 3 heterocycles. The number of aromatic amines is 1. The number of aryl methyl sites for hydroxylation is 1. The molecule has 2 amide bonds. The average Bonchev–Trinajstić information content (AvgIpc) is 3.12. The second kappa shape index (κ2) is 8.88. The molecule has 31 heavy (non-hydrogen) atoms. The number of hydrogen-bond acceptors (Lipinski definition) is 3. The van der Waals surface area contributed by atoms with Crippen molar-refractivity contribution in [3.05, 3.63) is 65.4 Å². The Hall–Kier alpha value is -3.22. The molecule has 1 aromatic carbocycles. The summed E-state index contributed by atoms with van der Waals surface area (Å²) in [7, 11) is 0. The molecule has 0 bridgehead atoms. The highest BCUT2D eigenvalue weighted by Crippen LogP contribution is 2.33. The van der Waals surface area contributed by atoms with Gasteiger partial charge in [0.15, 0.2) is 0 Å². The lowest BCUT2D eigenvalue weighted by Gasteiger charge is -2.33. The van der Waals surface area contributed by atoms with E-state index in [9.17, 15) is 14.0 Å². The van der Waals surface area contributed by atoms with E-state index in [1.165, 1.54) is 12.1 Å². The molecule has 2 aromatic heterocycles. The highest BCUT2D eigenvalue weighted by molar-refractivity contribution is 5.98.